The van der Waals surface area contributed by atoms with Crippen LogP contribution in [0.5, 0.6) is 0 Å². The molecule has 0 saturated heterocycles. The van der Waals surface area contributed by atoms with E-state index in [0.29, 0.717) is 0 Å². The first-order chi connectivity index (χ1) is 10.1. The third-order valence-corrected chi connectivity index (χ3v) is 3.28. The van der Waals surface area contributed by atoms with E-state index in [4.69, 9.17) is 27.3 Å². The molecule has 0 aliphatic rings. The van der Waals surface area contributed by atoms with Crippen LogP contribution >= 0.6 is 7.82 Å². The van der Waals surface area contributed by atoms with Crippen molar-refractivity contribution in [1.29, 1.82) is 0 Å². The number of rotatable bonds is 12. The van der Waals surface area contributed by atoms with E-state index < -0.39 is 18.2 Å². The first-order valence-electron chi connectivity index (χ1n) is 7.46. The molecule has 4 N–H and O–H groups in total. The molecule has 0 saturated carbocycles. The van der Waals surface area contributed by atoms with Crippen LogP contribution in [0, 0.1) is 0 Å². The Balaban J connectivity index is -0.0000000713. The van der Waals surface area contributed by atoms with Gasteiger partial charge < -0.3 is 14.1 Å². The van der Waals surface area contributed by atoms with Gasteiger partial charge in [0.05, 0.1) is 6.61 Å². The van der Waals surface area contributed by atoms with E-state index in [0.717, 1.165) is 19.3 Å². The minimum atomic E-state index is -4.67. The van der Waals surface area contributed by atoms with Crippen molar-refractivity contribution in [1.82, 2.24) is 0 Å². The monoisotopic (exact) mass is 430 g/mol. The molecular formula is C12H32CaNaO8PS. The first kappa shape index (κ1) is 33.8. The molecule has 0 aliphatic carbocycles. The summed E-state index contributed by atoms with van der Waals surface area (Å²) in [7, 11) is -8.91. The van der Waals surface area contributed by atoms with Gasteiger partial charge in [-0.25, -0.2) is 4.57 Å². The second-order valence-corrected chi connectivity index (χ2v) is 7.09. The SMILES string of the molecule is CCCCCCCCCCCCOP(=O)(O)O.O=S(=O)(O)O.[Ca+2].[H-].[H-].[H-].[Na+]. The van der Waals surface area contributed by atoms with Gasteiger partial charge in [0.1, 0.15) is 0 Å². The van der Waals surface area contributed by atoms with Crippen LogP contribution in [-0.4, -0.2) is 71.7 Å². The van der Waals surface area contributed by atoms with E-state index in [1.54, 1.807) is 0 Å². The summed E-state index contributed by atoms with van der Waals surface area (Å²) in [5.74, 6) is 0. The zero-order valence-electron chi connectivity index (χ0n) is 17.8. The Morgan fingerprint density at radius 1 is 0.875 bits per heavy atom. The maximum Gasteiger partial charge on any atom is 2.00 e. The van der Waals surface area contributed by atoms with Gasteiger partial charge in [-0.1, -0.05) is 64.7 Å². The van der Waals surface area contributed by atoms with Crippen LogP contribution in [-0.2, 0) is 19.5 Å². The number of hydrogen-bond donors (Lipinski definition) is 4. The van der Waals surface area contributed by atoms with Crippen LogP contribution in [0.4, 0.5) is 0 Å². The summed E-state index contributed by atoms with van der Waals surface area (Å²) < 4.78 is 46.3. The summed E-state index contributed by atoms with van der Waals surface area (Å²) in [6, 6.07) is 0. The Labute approximate surface area is 202 Å². The number of phosphoric acid groups is 1. The van der Waals surface area contributed by atoms with Gasteiger partial charge in [-0.2, -0.15) is 8.42 Å². The van der Waals surface area contributed by atoms with Gasteiger partial charge >= 0.3 is 85.5 Å². The Bertz CT molecular complexity index is 396. The molecule has 142 valence electrons. The molecule has 0 unspecified atom stereocenters. The fourth-order valence-electron chi connectivity index (χ4n) is 1.77. The van der Waals surface area contributed by atoms with Crippen LogP contribution in [0.25, 0.3) is 0 Å². The molecule has 0 spiro atoms. The first-order valence-corrected chi connectivity index (χ1v) is 10.4. The molecule has 0 heterocycles. The van der Waals surface area contributed by atoms with E-state index in [1.165, 1.54) is 44.9 Å². The molecule has 0 radical (unpaired) electrons. The van der Waals surface area contributed by atoms with Gasteiger partial charge in [-0.3, -0.25) is 13.6 Å². The summed E-state index contributed by atoms with van der Waals surface area (Å²) >= 11 is 0. The number of phosphoric ester groups is 1. The third-order valence-electron chi connectivity index (χ3n) is 2.76. The largest absolute Gasteiger partial charge is 2.00 e. The smallest absolute Gasteiger partial charge is 1.00 e. The van der Waals surface area contributed by atoms with E-state index in [-0.39, 0.29) is 78.2 Å². The maximum absolute atomic E-state index is 10.4. The van der Waals surface area contributed by atoms with Gasteiger partial charge in [0.2, 0.25) is 0 Å². The Morgan fingerprint density at radius 2 is 1.17 bits per heavy atom. The molecule has 0 aliphatic heterocycles. The van der Waals surface area contributed by atoms with Gasteiger partial charge in [0.15, 0.2) is 0 Å². The molecular weight excluding hydrogens is 398 g/mol. The fourth-order valence-corrected chi connectivity index (χ4v) is 2.14. The number of hydrogen-bond acceptors (Lipinski definition) is 4. The Hall–Kier alpha value is 2.24. The average Bonchev–Trinajstić information content (AvgIpc) is 2.32. The van der Waals surface area contributed by atoms with Crippen LogP contribution in [0.2, 0.25) is 0 Å². The zero-order valence-corrected chi connectivity index (χ0v) is 20.7. The average molecular weight is 430 g/mol. The van der Waals surface area contributed by atoms with Crippen LogP contribution in [0.3, 0.4) is 0 Å². The molecule has 0 aromatic rings. The third kappa shape index (κ3) is 49.6. The second-order valence-electron chi connectivity index (χ2n) is 4.95. The summed E-state index contributed by atoms with van der Waals surface area (Å²) in [5, 5.41) is 0. The van der Waals surface area contributed by atoms with Gasteiger partial charge in [0.25, 0.3) is 0 Å². The van der Waals surface area contributed by atoms with Crippen LogP contribution < -0.4 is 29.6 Å². The minimum absolute atomic E-state index is 0. The maximum atomic E-state index is 10.4. The summed E-state index contributed by atoms with van der Waals surface area (Å²) in [4.78, 5) is 16.9. The van der Waals surface area contributed by atoms with E-state index in [1.807, 2.05) is 0 Å². The van der Waals surface area contributed by atoms with Gasteiger partial charge in [-0.15, -0.1) is 0 Å². The second kappa shape index (κ2) is 21.5. The molecule has 0 fully saturated rings. The van der Waals surface area contributed by atoms with E-state index >= 15 is 0 Å². The fraction of sp³-hybridized carbons (Fsp3) is 1.00. The van der Waals surface area contributed by atoms with Crippen molar-refractivity contribution in [2.45, 2.75) is 71.1 Å². The Kier molecular flexibility index (Phi) is 30.3. The Morgan fingerprint density at radius 3 is 1.46 bits per heavy atom. The minimum Gasteiger partial charge on any atom is -1.00 e. The summed E-state index contributed by atoms with van der Waals surface area (Å²) in [6.07, 6.45) is 12.0. The molecule has 0 amide bonds. The molecule has 0 atom stereocenters. The van der Waals surface area contributed by atoms with Crippen molar-refractivity contribution in [3.8, 4) is 0 Å². The molecule has 0 aromatic heterocycles. The van der Waals surface area contributed by atoms with Gasteiger partial charge in [0, 0.05) is 0 Å². The zero-order chi connectivity index (χ0) is 17.5. The predicted molar refractivity (Wildman–Crippen MR) is 93.1 cm³/mol. The normalized spacial score (nSPS) is 10.9. The van der Waals surface area contributed by atoms with Crippen molar-refractivity contribution in [3.63, 3.8) is 0 Å². The van der Waals surface area contributed by atoms with Gasteiger partial charge in [-0.05, 0) is 6.42 Å². The summed E-state index contributed by atoms with van der Waals surface area (Å²) in [6.45, 7) is 2.39. The standard InChI is InChI=1S/C12H27O4P.Ca.Na.H2O4S.3H/c1-2-3-4-5-6-7-8-9-10-11-12-16-17(13,14)15;;;1-5(2,3)4;;;/h2-12H2,1H3,(H2,13,14,15);;;(H2,1,2,3,4);;;/q;+2;+1;;3*-1. The van der Waals surface area contributed by atoms with Crippen LogP contribution in [0.15, 0.2) is 0 Å². The van der Waals surface area contributed by atoms with Crippen molar-refractivity contribution in [2.75, 3.05) is 6.61 Å². The van der Waals surface area contributed by atoms with Crippen LogP contribution in [0.1, 0.15) is 75.4 Å². The molecule has 24 heavy (non-hydrogen) atoms. The van der Waals surface area contributed by atoms with Crippen molar-refractivity contribution >= 4 is 56.0 Å². The van der Waals surface area contributed by atoms with E-state index in [9.17, 15) is 4.57 Å². The molecule has 8 nitrogen and oxygen atoms in total. The van der Waals surface area contributed by atoms with Crippen molar-refractivity contribution < 1.29 is 70.2 Å². The predicted octanol–water partition coefficient (Wildman–Crippen LogP) is 0.325. The van der Waals surface area contributed by atoms with Crippen molar-refractivity contribution in [3.05, 3.63) is 0 Å². The molecule has 0 rings (SSSR count). The molecule has 0 bridgehead atoms. The van der Waals surface area contributed by atoms with Crippen molar-refractivity contribution in [2.24, 2.45) is 0 Å². The molecule has 0 aromatic carbocycles. The molecule has 12 heteroatoms. The summed E-state index contributed by atoms with van der Waals surface area (Å²) in [5.41, 5.74) is 0. The quantitative estimate of drug-likeness (QED) is 0.150. The van der Waals surface area contributed by atoms with E-state index in [2.05, 4.69) is 11.4 Å². The number of unbranched alkanes of at least 4 members (excludes halogenated alkanes) is 9. The topological polar surface area (TPSA) is 141 Å².